The number of Topliss-reactive ketones (excluding diaryl/α,β-unsaturated/α-hetero) is 1. The molecule has 10 nitrogen and oxygen atoms in total. The molecule has 11 heteroatoms. The van der Waals surface area contributed by atoms with E-state index in [1.165, 1.54) is 12.1 Å². The quantitative estimate of drug-likeness (QED) is 0.271. The van der Waals surface area contributed by atoms with Gasteiger partial charge in [0.1, 0.15) is 5.78 Å². The molecule has 0 spiro atoms. The molecule has 1 heterocycles. The number of carbonyl (C=O) groups is 2. The number of nitrogens with one attached hydrogen (secondary N) is 3. The maximum atomic E-state index is 12.1. The van der Waals surface area contributed by atoms with E-state index in [2.05, 4.69) is 25.8 Å². The molecule has 2 amide bonds. The predicted molar refractivity (Wildman–Crippen MR) is 111 cm³/mol. The number of aromatic amines is 1. The number of carbonyl (C=O) groups excluding carboxylic acids is 2. The van der Waals surface area contributed by atoms with Crippen LogP contribution in [0, 0.1) is 10.1 Å². The zero-order valence-corrected chi connectivity index (χ0v) is 16.5. The van der Waals surface area contributed by atoms with Crippen LogP contribution in [0.1, 0.15) is 11.1 Å². The summed E-state index contributed by atoms with van der Waals surface area (Å²) in [6, 6.07) is 14.9. The lowest BCUT2D eigenvalue weighted by molar-refractivity contribution is -0.384. The van der Waals surface area contributed by atoms with E-state index in [0.717, 1.165) is 17.3 Å². The summed E-state index contributed by atoms with van der Waals surface area (Å²) in [7, 11) is 0. The van der Waals surface area contributed by atoms with Crippen molar-refractivity contribution in [3.8, 4) is 0 Å². The molecule has 0 radical (unpaired) electrons. The number of non-ortho nitro benzene ring substituents is 1. The van der Waals surface area contributed by atoms with E-state index in [1.807, 2.05) is 30.3 Å². The molecule has 2 aromatic carbocycles. The topological polar surface area (TPSA) is 143 Å². The number of nitro benzene ring substituents is 1. The van der Waals surface area contributed by atoms with Crippen LogP contribution in [-0.4, -0.2) is 37.7 Å². The summed E-state index contributed by atoms with van der Waals surface area (Å²) in [5.41, 5.74) is 1.64. The highest BCUT2D eigenvalue weighted by molar-refractivity contribution is 7.99. The molecule has 0 aliphatic carbocycles. The van der Waals surface area contributed by atoms with Crippen LogP contribution < -0.4 is 10.6 Å². The first kappa shape index (κ1) is 21.0. The van der Waals surface area contributed by atoms with Gasteiger partial charge in [0.15, 0.2) is 0 Å². The molecule has 0 fully saturated rings. The van der Waals surface area contributed by atoms with Crippen LogP contribution in [0.25, 0.3) is 0 Å². The molecular formula is C19H18N6O4S. The third-order valence-corrected chi connectivity index (χ3v) is 4.81. The van der Waals surface area contributed by atoms with Crippen molar-refractivity contribution >= 4 is 35.2 Å². The summed E-state index contributed by atoms with van der Waals surface area (Å²) in [4.78, 5) is 38.3. The molecule has 0 saturated heterocycles. The van der Waals surface area contributed by atoms with E-state index >= 15 is 0 Å². The van der Waals surface area contributed by atoms with Gasteiger partial charge in [-0.25, -0.2) is 9.89 Å². The number of hydrogen-bond donors (Lipinski definition) is 3. The van der Waals surface area contributed by atoms with Gasteiger partial charge in [-0.2, -0.15) is 4.98 Å². The van der Waals surface area contributed by atoms with Gasteiger partial charge >= 0.3 is 6.03 Å². The van der Waals surface area contributed by atoms with Gasteiger partial charge in [0.25, 0.3) is 5.69 Å². The van der Waals surface area contributed by atoms with Crippen molar-refractivity contribution in [2.45, 2.75) is 18.1 Å². The molecule has 0 saturated carbocycles. The van der Waals surface area contributed by atoms with E-state index in [9.17, 15) is 19.7 Å². The van der Waals surface area contributed by atoms with Gasteiger partial charge in [0.05, 0.1) is 10.7 Å². The van der Waals surface area contributed by atoms with Crippen molar-refractivity contribution in [2.24, 2.45) is 0 Å². The first-order valence-electron chi connectivity index (χ1n) is 8.88. The van der Waals surface area contributed by atoms with Crippen LogP contribution in [0.15, 0.2) is 59.8 Å². The third-order valence-electron chi connectivity index (χ3n) is 3.90. The minimum Gasteiger partial charge on any atom is -0.334 e. The Labute approximate surface area is 175 Å². The Bertz CT molecular complexity index is 1020. The smallest absolute Gasteiger partial charge is 0.321 e. The van der Waals surface area contributed by atoms with Crippen LogP contribution in [0.4, 0.5) is 16.4 Å². The number of hydrogen-bond acceptors (Lipinski definition) is 7. The number of urea groups is 1. The van der Waals surface area contributed by atoms with Crippen LogP contribution in [0.2, 0.25) is 0 Å². The predicted octanol–water partition coefficient (Wildman–Crippen LogP) is 2.94. The number of amides is 2. The van der Waals surface area contributed by atoms with E-state index in [4.69, 9.17) is 0 Å². The summed E-state index contributed by atoms with van der Waals surface area (Å²) in [5, 5.41) is 22.8. The standard InChI is InChI=1S/C19H18N6O4S/c26-16(10-13-6-8-15(9-7-13)25(28)29)12-30-19-22-17(23-24-19)21-18(27)20-11-14-4-2-1-3-5-14/h1-9H,10-12H2,(H3,20,21,22,23,24,27). The molecule has 3 aromatic rings. The molecule has 30 heavy (non-hydrogen) atoms. The SMILES string of the molecule is O=C(CSc1n[nH]c(NC(=O)NCc2ccccc2)n1)Cc1ccc([N+](=O)[O-])cc1. The maximum absolute atomic E-state index is 12.1. The Morgan fingerprint density at radius 2 is 1.80 bits per heavy atom. The second-order valence-electron chi connectivity index (χ2n) is 6.19. The fourth-order valence-corrected chi connectivity index (χ4v) is 3.11. The molecule has 3 rings (SSSR count). The summed E-state index contributed by atoms with van der Waals surface area (Å²) in [6.07, 6.45) is 0.155. The molecule has 154 valence electrons. The second kappa shape index (κ2) is 10.2. The number of nitrogens with zero attached hydrogens (tertiary/aromatic N) is 3. The summed E-state index contributed by atoms with van der Waals surface area (Å²) < 4.78 is 0. The number of aromatic nitrogens is 3. The Kier molecular flexibility index (Phi) is 7.11. The van der Waals surface area contributed by atoms with Crippen LogP contribution in [0.3, 0.4) is 0 Å². The molecule has 0 aliphatic heterocycles. The summed E-state index contributed by atoms with van der Waals surface area (Å²) in [6.45, 7) is 0.375. The lowest BCUT2D eigenvalue weighted by Crippen LogP contribution is -2.28. The number of rotatable bonds is 9. The third kappa shape index (κ3) is 6.41. The van der Waals surface area contributed by atoms with E-state index in [0.29, 0.717) is 17.3 Å². The fourth-order valence-electron chi connectivity index (χ4n) is 2.46. The summed E-state index contributed by atoms with van der Waals surface area (Å²) >= 11 is 1.13. The van der Waals surface area contributed by atoms with Gasteiger partial charge in [-0.3, -0.25) is 20.2 Å². The van der Waals surface area contributed by atoms with Crippen LogP contribution >= 0.6 is 11.8 Å². The van der Waals surface area contributed by atoms with Crippen molar-refractivity contribution in [1.82, 2.24) is 20.5 Å². The van der Waals surface area contributed by atoms with Crippen molar-refractivity contribution in [1.29, 1.82) is 0 Å². The molecule has 0 unspecified atom stereocenters. The Balaban J connectivity index is 1.41. The van der Waals surface area contributed by atoms with E-state index < -0.39 is 11.0 Å². The molecule has 3 N–H and O–H groups in total. The highest BCUT2D eigenvalue weighted by atomic mass is 32.2. The number of ketones is 1. The zero-order valence-electron chi connectivity index (χ0n) is 15.7. The highest BCUT2D eigenvalue weighted by Crippen LogP contribution is 2.16. The first-order chi connectivity index (χ1) is 14.5. The summed E-state index contributed by atoms with van der Waals surface area (Å²) in [5.74, 6) is 0.230. The fraction of sp³-hybridized carbons (Fsp3) is 0.158. The normalized spacial score (nSPS) is 10.4. The van der Waals surface area contributed by atoms with Gasteiger partial charge in [-0.1, -0.05) is 54.2 Å². The van der Waals surface area contributed by atoms with Gasteiger partial charge in [0.2, 0.25) is 11.1 Å². The molecule has 0 atom stereocenters. The van der Waals surface area contributed by atoms with Crippen molar-refractivity contribution < 1.29 is 14.5 Å². The lowest BCUT2D eigenvalue weighted by Gasteiger charge is -2.04. The number of benzene rings is 2. The van der Waals surface area contributed by atoms with Crippen LogP contribution in [-0.2, 0) is 17.8 Å². The number of anilines is 1. The Morgan fingerprint density at radius 3 is 2.50 bits per heavy atom. The molecule has 1 aromatic heterocycles. The minimum absolute atomic E-state index is 0.0193. The van der Waals surface area contributed by atoms with E-state index in [-0.39, 0.29) is 29.6 Å². The van der Waals surface area contributed by atoms with Gasteiger partial charge in [0, 0.05) is 25.1 Å². The average Bonchev–Trinajstić information content (AvgIpc) is 3.19. The molecule has 0 bridgehead atoms. The number of H-pyrrole nitrogens is 1. The minimum atomic E-state index is -0.488. The largest absolute Gasteiger partial charge is 0.334 e. The van der Waals surface area contributed by atoms with Gasteiger partial charge in [-0.05, 0) is 11.1 Å². The van der Waals surface area contributed by atoms with E-state index in [1.54, 1.807) is 12.1 Å². The average molecular weight is 426 g/mol. The molecular weight excluding hydrogens is 408 g/mol. The van der Waals surface area contributed by atoms with Crippen molar-refractivity contribution in [3.05, 3.63) is 75.8 Å². The Morgan fingerprint density at radius 1 is 1.07 bits per heavy atom. The lowest BCUT2D eigenvalue weighted by atomic mass is 10.1. The van der Waals surface area contributed by atoms with Crippen LogP contribution in [0.5, 0.6) is 0 Å². The number of nitro groups is 1. The maximum Gasteiger partial charge on any atom is 0.321 e. The zero-order chi connectivity index (χ0) is 21.3. The van der Waals surface area contributed by atoms with Gasteiger partial charge < -0.3 is 5.32 Å². The highest BCUT2D eigenvalue weighted by Gasteiger charge is 2.11. The van der Waals surface area contributed by atoms with Crippen molar-refractivity contribution in [2.75, 3.05) is 11.1 Å². The monoisotopic (exact) mass is 426 g/mol. The number of thioether (sulfide) groups is 1. The second-order valence-corrected chi connectivity index (χ2v) is 7.13. The Hall–Kier alpha value is -3.73. The van der Waals surface area contributed by atoms with Gasteiger partial charge in [-0.15, -0.1) is 5.10 Å². The first-order valence-corrected chi connectivity index (χ1v) is 9.87. The van der Waals surface area contributed by atoms with Crippen molar-refractivity contribution in [3.63, 3.8) is 0 Å². The molecule has 0 aliphatic rings.